The summed E-state index contributed by atoms with van der Waals surface area (Å²) in [6, 6.07) is 9.91. The minimum atomic E-state index is -0.836. The number of aryl methyl sites for hydroxylation is 2. The van der Waals surface area contributed by atoms with E-state index in [1.807, 2.05) is 6.92 Å². The highest BCUT2D eigenvalue weighted by Crippen LogP contribution is 2.20. The maximum absolute atomic E-state index is 12.8. The minimum absolute atomic E-state index is 0.202. The van der Waals surface area contributed by atoms with Gasteiger partial charge in [0.25, 0.3) is 0 Å². The van der Waals surface area contributed by atoms with Crippen LogP contribution in [0, 0.1) is 6.92 Å². The van der Waals surface area contributed by atoms with E-state index in [0.717, 1.165) is 14.6 Å². The Morgan fingerprint density at radius 2 is 1.71 bits per heavy atom. The van der Waals surface area contributed by atoms with Gasteiger partial charge in [-0.1, -0.05) is 15.9 Å². The van der Waals surface area contributed by atoms with Crippen molar-refractivity contribution in [2.24, 2.45) is 0 Å². The number of nitrogens with one attached hydrogen (secondary N) is 1. The zero-order valence-electron chi connectivity index (χ0n) is 17.4. The largest absolute Gasteiger partial charge is 0.462 e. The maximum Gasteiger partial charge on any atom is 0.338 e. The summed E-state index contributed by atoms with van der Waals surface area (Å²) in [5.41, 5.74) is 0.921. The zero-order chi connectivity index (χ0) is 22.7. The Kier molecular flexibility index (Phi) is 6.74. The van der Waals surface area contributed by atoms with Crippen LogP contribution in [0.4, 0.5) is 5.69 Å². The first-order valence-electron chi connectivity index (χ1n) is 9.77. The van der Waals surface area contributed by atoms with E-state index in [-0.39, 0.29) is 25.3 Å². The molecule has 0 saturated carbocycles. The van der Waals surface area contributed by atoms with E-state index in [1.54, 1.807) is 38.1 Å². The fourth-order valence-corrected chi connectivity index (χ4v) is 3.54. The first-order chi connectivity index (χ1) is 14.8. The summed E-state index contributed by atoms with van der Waals surface area (Å²) in [4.78, 5) is 50.2. The Hall–Kier alpha value is -3.20. The lowest BCUT2D eigenvalue weighted by molar-refractivity contribution is -0.116. The fraction of sp³-hybridized carbons (Fsp3) is 0.273. The predicted molar refractivity (Wildman–Crippen MR) is 122 cm³/mol. The second-order valence-corrected chi connectivity index (χ2v) is 7.73. The molecular formula is C22H22BrN3O5. The second-order valence-electron chi connectivity index (χ2n) is 6.88. The van der Waals surface area contributed by atoms with Gasteiger partial charge in [0, 0.05) is 16.7 Å². The monoisotopic (exact) mass is 487 g/mol. The molecule has 9 heteroatoms. The zero-order valence-corrected chi connectivity index (χ0v) is 19.0. The highest BCUT2D eigenvalue weighted by Gasteiger charge is 2.17. The van der Waals surface area contributed by atoms with Gasteiger partial charge in [-0.15, -0.1) is 0 Å². The first-order valence-corrected chi connectivity index (χ1v) is 10.6. The molecule has 1 heterocycles. The van der Waals surface area contributed by atoms with Gasteiger partial charge in [0.2, 0.25) is 5.91 Å². The number of amides is 1. The molecule has 1 aromatic heterocycles. The van der Waals surface area contributed by atoms with Crippen LogP contribution in [0.5, 0.6) is 0 Å². The lowest BCUT2D eigenvalue weighted by Crippen LogP contribution is -2.43. The number of benzene rings is 2. The summed E-state index contributed by atoms with van der Waals surface area (Å²) in [7, 11) is 0. The predicted octanol–water partition coefficient (Wildman–Crippen LogP) is 3.07. The third-order valence-electron chi connectivity index (χ3n) is 4.80. The molecule has 0 aliphatic heterocycles. The molecule has 0 aliphatic carbocycles. The van der Waals surface area contributed by atoms with Crippen LogP contribution in [0.2, 0.25) is 0 Å². The van der Waals surface area contributed by atoms with Crippen LogP contribution in [0.25, 0.3) is 11.0 Å². The smallest absolute Gasteiger partial charge is 0.338 e. The second kappa shape index (κ2) is 9.30. The molecule has 0 radical (unpaired) electrons. The van der Waals surface area contributed by atoms with Crippen LogP contribution in [-0.4, -0.2) is 27.6 Å². The van der Waals surface area contributed by atoms with Crippen molar-refractivity contribution in [3.63, 3.8) is 0 Å². The Morgan fingerprint density at radius 1 is 1.00 bits per heavy atom. The standard InChI is InChI=1S/C22H22BrN3O5/c1-4-25-17-9-6-14(22(30)31-5-2)11-18(17)26(21(29)20(25)28)12-19(27)24-15-7-8-16(23)13(3)10-15/h6-11H,4-5,12H2,1-3H3,(H,24,27). The van der Waals surface area contributed by atoms with Gasteiger partial charge in [0.05, 0.1) is 23.2 Å². The molecule has 3 rings (SSSR count). The quantitative estimate of drug-likeness (QED) is 0.425. The van der Waals surface area contributed by atoms with Crippen molar-refractivity contribution < 1.29 is 14.3 Å². The molecule has 0 fully saturated rings. The summed E-state index contributed by atoms with van der Waals surface area (Å²) in [6.45, 7) is 5.42. The van der Waals surface area contributed by atoms with Gasteiger partial charge in [-0.25, -0.2) is 4.79 Å². The van der Waals surface area contributed by atoms with Crippen molar-refractivity contribution in [3.05, 3.63) is 72.7 Å². The molecule has 0 bridgehead atoms. The van der Waals surface area contributed by atoms with Crippen molar-refractivity contribution in [1.82, 2.24) is 9.13 Å². The minimum Gasteiger partial charge on any atom is -0.462 e. The van der Waals surface area contributed by atoms with Crippen LogP contribution >= 0.6 is 15.9 Å². The number of rotatable bonds is 6. The molecule has 162 valence electrons. The van der Waals surface area contributed by atoms with Gasteiger partial charge in [-0.2, -0.15) is 0 Å². The summed E-state index contributed by atoms with van der Waals surface area (Å²) in [5, 5.41) is 2.74. The highest BCUT2D eigenvalue weighted by molar-refractivity contribution is 9.10. The molecule has 0 aliphatic rings. The van der Waals surface area contributed by atoms with Crippen LogP contribution in [-0.2, 0) is 22.6 Å². The van der Waals surface area contributed by atoms with Gasteiger partial charge < -0.3 is 14.6 Å². The van der Waals surface area contributed by atoms with Crippen molar-refractivity contribution in [2.45, 2.75) is 33.9 Å². The number of ether oxygens (including phenoxy) is 1. The van der Waals surface area contributed by atoms with Crippen molar-refractivity contribution >= 4 is 44.5 Å². The first kappa shape index (κ1) is 22.5. The van der Waals surface area contributed by atoms with E-state index in [2.05, 4.69) is 21.2 Å². The number of anilines is 1. The molecule has 2 aromatic carbocycles. The van der Waals surface area contributed by atoms with E-state index < -0.39 is 23.0 Å². The Balaban J connectivity index is 2.07. The molecule has 0 saturated heterocycles. The Labute approximate surface area is 186 Å². The molecule has 0 atom stereocenters. The van der Waals surface area contributed by atoms with Crippen LogP contribution in [0.1, 0.15) is 29.8 Å². The number of carbonyl (C=O) groups is 2. The van der Waals surface area contributed by atoms with E-state index in [4.69, 9.17) is 4.74 Å². The molecule has 31 heavy (non-hydrogen) atoms. The van der Waals surface area contributed by atoms with E-state index in [0.29, 0.717) is 16.7 Å². The van der Waals surface area contributed by atoms with Gasteiger partial charge in [-0.05, 0) is 62.7 Å². The molecule has 0 spiro atoms. The summed E-state index contributed by atoms with van der Waals surface area (Å²) < 4.78 is 8.34. The Morgan fingerprint density at radius 3 is 2.35 bits per heavy atom. The SMILES string of the molecule is CCOC(=O)c1ccc2c(c1)n(CC(=O)Nc1ccc(Br)c(C)c1)c(=O)c(=O)n2CC. The van der Waals surface area contributed by atoms with E-state index >= 15 is 0 Å². The average molecular weight is 488 g/mol. The molecule has 1 amide bonds. The summed E-state index contributed by atoms with van der Waals surface area (Å²) >= 11 is 3.40. The van der Waals surface area contributed by atoms with E-state index in [1.165, 1.54) is 16.7 Å². The van der Waals surface area contributed by atoms with Crippen LogP contribution in [0.3, 0.4) is 0 Å². The number of hydrogen-bond acceptors (Lipinski definition) is 5. The van der Waals surface area contributed by atoms with Crippen molar-refractivity contribution in [3.8, 4) is 0 Å². The number of fused-ring (bicyclic) bond motifs is 1. The normalized spacial score (nSPS) is 10.8. The number of nitrogens with zero attached hydrogens (tertiary/aromatic N) is 2. The Bertz CT molecular complexity index is 1290. The van der Waals surface area contributed by atoms with Gasteiger partial charge in [0.1, 0.15) is 6.54 Å². The number of carbonyl (C=O) groups excluding carboxylic acids is 2. The number of aromatic nitrogens is 2. The van der Waals surface area contributed by atoms with Crippen molar-refractivity contribution in [2.75, 3.05) is 11.9 Å². The molecule has 3 aromatic rings. The summed E-state index contributed by atoms with van der Waals surface area (Å²) in [5.74, 6) is -1.02. The number of halogens is 1. The number of esters is 1. The highest BCUT2D eigenvalue weighted by atomic mass is 79.9. The molecule has 1 N–H and O–H groups in total. The fourth-order valence-electron chi connectivity index (χ4n) is 3.30. The summed E-state index contributed by atoms with van der Waals surface area (Å²) in [6.07, 6.45) is 0. The molecular weight excluding hydrogens is 466 g/mol. The lowest BCUT2D eigenvalue weighted by Gasteiger charge is -2.15. The van der Waals surface area contributed by atoms with Gasteiger partial charge in [-0.3, -0.25) is 19.0 Å². The number of hydrogen-bond donors (Lipinski definition) is 1. The van der Waals surface area contributed by atoms with Crippen molar-refractivity contribution in [1.29, 1.82) is 0 Å². The van der Waals surface area contributed by atoms with Crippen LogP contribution in [0.15, 0.2) is 50.5 Å². The molecule has 0 unspecified atom stereocenters. The average Bonchev–Trinajstić information content (AvgIpc) is 2.74. The topological polar surface area (TPSA) is 99.4 Å². The van der Waals surface area contributed by atoms with Crippen LogP contribution < -0.4 is 16.4 Å². The van der Waals surface area contributed by atoms with Gasteiger partial charge >= 0.3 is 17.1 Å². The van der Waals surface area contributed by atoms with Gasteiger partial charge in [0.15, 0.2) is 0 Å². The third-order valence-corrected chi connectivity index (χ3v) is 5.69. The maximum atomic E-state index is 12.8. The molecule has 8 nitrogen and oxygen atoms in total. The lowest BCUT2D eigenvalue weighted by atomic mass is 10.2. The van der Waals surface area contributed by atoms with E-state index in [9.17, 15) is 19.2 Å². The third kappa shape index (κ3) is 4.61.